The van der Waals surface area contributed by atoms with E-state index in [4.69, 9.17) is 5.11 Å². The van der Waals surface area contributed by atoms with Gasteiger partial charge in [0.25, 0.3) is 5.91 Å². The average molecular weight is 289 g/mol. The predicted octanol–water partition coefficient (Wildman–Crippen LogP) is 2.00. The lowest BCUT2D eigenvalue weighted by molar-refractivity contribution is 0.0947. The van der Waals surface area contributed by atoms with Crippen LogP contribution in [0.5, 0.6) is 5.75 Å². The van der Waals surface area contributed by atoms with Crippen molar-refractivity contribution in [2.45, 2.75) is 13.0 Å². The van der Waals surface area contributed by atoms with E-state index in [1.54, 1.807) is 12.1 Å². The van der Waals surface area contributed by atoms with Crippen molar-refractivity contribution in [3.05, 3.63) is 65.0 Å². The van der Waals surface area contributed by atoms with Crippen LogP contribution in [0, 0.1) is 5.82 Å². The molecule has 2 aromatic rings. The van der Waals surface area contributed by atoms with Gasteiger partial charge >= 0.3 is 0 Å². The number of hydrogen-bond acceptors (Lipinski definition) is 3. The minimum absolute atomic E-state index is 0.0103. The summed E-state index contributed by atoms with van der Waals surface area (Å²) in [5, 5.41) is 21.0. The molecule has 0 aliphatic rings. The lowest BCUT2D eigenvalue weighted by Crippen LogP contribution is -2.26. The number of benzene rings is 2. The largest absolute Gasteiger partial charge is 0.507 e. The Morgan fingerprint density at radius 1 is 1.10 bits per heavy atom. The number of aromatic hydroxyl groups is 1. The summed E-state index contributed by atoms with van der Waals surface area (Å²) in [4.78, 5) is 11.8. The minimum Gasteiger partial charge on any atom is -0.507 e. The van der Waals surface area contributed by atoms with E-state index in [9.17, 15) is 14.3 Å². The molecule has 0 radical (unpaired) electrons. The topological polar surface area (TPSA) is 69.6 Å². The number of carbonyl (C=O) groups is 1. The molecular weight excluding hydrogens is 273 g/mol. The van der Waals surface area contributed by atoms with E-state index in [0.717, 1.165) is 17.2 Å². The van der Waals surface area contributed by atoms with Crippen LogP contribution in [0.3, 0.4) is 0 Å². The normalized spacial score (nSPS) is 10.4. The van der Waals surface area contributed by atoms with Crippen LogP contribution >= 0.6 is 0 Å². The highest BCUT2D eigenvalue weighted by Gasteiger charge is 2.15. The summed E-state index contributed by atoms with van der Waals surface area (Å²) in [6.07, 6.45) is 0.576. The molecule has 21 heavy (non-hydrogen) atoms. The third-order valence-electron chi connectivity index (χ3n) is 3.12. The molecule has 0 aromatic heterocycles. The van der Waals surface area contributed by atoms with Crippen molar-refractivity contribution in [3.8, 4) is 5.75 Å². The number of aliphatic hydroxyl groups is 1. The van der Waals surface area contributed by atoms with Crippen molar-refractivity contribution in [3.63, 3.8) is 0 Å². The summed E-state index contributed by atoms with van der Waals surface area (Å²) >= 11 is 0. The molecule has 0 saturated heterocycles. The second kappa shape index (κ2) is 6.85. The highest BCUT2D eigenvalue weighted by Crippen LogP contribution is 2.19. The van der Waals surface area contributed by atoms with E-state index in [2.05, 4.69) is 5.32 Å². The van der Waals surface area contributed by atoms with E-state index >= 15 is 0 Å². The van der Waals surface area contributed by atoms with Gasteiger partial charge in [0.1, 0.15) is 17.1 Å². The lowest BCUT2D eigenvalue weighted by Gasteiger charge is -2.08. The molecule has 0 atom stereocenters. The smallest absolute Gasteiger partial charge is 0.258 e. The monoisotopic (exact) mass is 289 g/mol. The van der Waals surface area contributed by atoms with Gasteiger partial charge in [0.15, 0.2) is 0 Å². The minimum atomic E-state index is -0.750. The quantitative estimate of drug-likeness (QED) is 0.788. The first-order valence-electron chi connectivity index (χ1n) is 6.56. The van der Waals surface area contributed by atoms with Crippen LogP contribution in [-0.4, -0.2) is 22.7 Å². The molecule has 0 bridgehead atoms. The molecule has 0 spiro atoms. The zero-order chi connectivity index (χ0) is 15.2. The first-order chi connectivity index (χ1) is 10.1. The van der Waals surface area contributed by atoms with Gasteiger partial charge in [-0.05, 0) is 29.7 Å². The Hall–Kier alpha value is -2.40. The lowest BCUT2D eigenvalue weighted by atomic mass is 10.1. The van der Waals surface area contributed by atoms with Crippen LogP contribution < -0.4 is 5.32 Å². The van der Waals surface area contributed by atoms with Gasteiger partial charge in [-0.25, -0.2) is 4.39 Å². The Kier molecular flexibility index (Phi) is 4.90. The Morgan fingerprint density at radius 2 is 1.76 bits per heavy atom. The Morgan fingerprint density at radius 3 is 2.38 bits per heavy atom. The molecule has 0 saturated carbocycles. The Balaban J connectivity index is 1.92. The number of phenolic OH excluding ortho intramolecular Hbond substituents is 1. The van der Waals surface area contributed by atoms with Crippen molar-refractivity contribution < 1.29 is 19.4 Å². The maximum Gasteiger partial charge on any atom is 0.258 e. The summed E-state index contributed by atoms with van der Waals surface area (Å²) in [6.45, 7) is 0.314. The highest BCUT2D eigenvalue weighted by atomic mass is 19.1. The zero-order valence-corrected chi connectivity index (χ0v) is 11.3. The van der Waals surface area contributed by atoms with Crippen LogP contribution in [0.4, 0.5) is 4.39 Å². The summed E-state index contributed by atoms with van der Waals surface area (Å²) in [6, 6.07) is 11.1. The van der Waals surface area contributed by atoms with Crippen LogP contribution in [0.25, 0.3) is 0 Å². The second-order valence-corrected chi connectivity index (χ2v) is 4.61. The van der Waals surface area contributed by atoms with Crippen molar-refractivity contribution in [1.29, 1.82) is 0 Å². The number of hydrogen-bond donors (Lipinski definition) is 3. The predicted molar refractivity (Wildman–Crippen MR) is 76.5 cm³/mol. The SMILES string of the molecule is O=C(NCCc1ccc(CO)cc1)c1c(O)cccc1F. The number of aliphatic hydroxyl groups excluding tert-OH is 1. The standard InChI is InChI=1S/C16H16FNO3/c17-13-2-1-3-14(20)15(13)16(21)18-9-8-11-4-6-12(10-19)7-5-11/h1-7,19-20H,8-10H2,(H,18,21). The number of amides is 1. The second-order valence-electron chi connectivity index (χ2n) is 4.61. The maximum atomic E-state index is 13.5. The van der Waals surface area contributed by atoms with Crippen LogP contribution in [0.15, 0.2) is 42.5 Å². The fourth-order valence-electron chi connectivity index (χ4n) is 1.96. The molecule has 0 aliphatic carbocycles. The van der Waals surface area contributed by atoms with Gasteiger partial charge in [-0.2, -0.15) is 0 Å². The van der Waals surface area contributed by atoms with Crippen molar-refractivity contribution in [2.75, 3.05) is 6.54 Å². The molecule has 0 fully saturated rings. The van der Waals surface area contributed by atoms with Gasteiger partial charge in [0.05, 0.1) is 6.61 Å². The van der Waals surface area contributed by atoms with Gasteiger partial charge in [-0.1, -0.05) is 30.3 Å². The summed E-state index contributed by atoms with van der Waals surface area (Å²) in [5.41, 5.74) is 1.47. The number of nitrogens with one attached hydrogen (secondary N) is 1. The Labute approximate surface area is 121 Å². The fourth-order valence-corrected chi connectivity index (χ4v) is 1.96. The van der Waals surface area contributed by atoms with Crippen molar-refractivity contribution >= 4 is 5.91 Å². The van der Waals surface area contributed by atoms with E-state index in [0.29, 0.717) is 13.0 Å². The molecule has 0 aliphatic heterocycles. The summed E-state index contributed by atoms with van der Waals surface area (Å²) in [5.74, 6) is -1.77. The molecule has 2 rings (SSSR count). The van der Waals surface area contributed by atoms with Crippen molar-refractivity contribution in [2.24, 2.45) is 0 Å². The Bertz CT molecular complexity index is 606. The molecule has 0 heterocycles. The van der Waals surface area contributed by atoms with Gasteiger partial charge in [-0.3, -0.25) is 4.79 Å². The van der Waals surface area contributed by atoms with Gasteiger partial charge in [0, 0.05) is 6.54 Å². The number of phenols is 1. The van der Waals surface area contributed by atoms with Gasteiger partial charge < -0.3 is 15.5 Å². The molecule has 4 nitrogen and oxygen atoms in total. The van der Waals surface area contributed by atoms with Crippen molar-refractivity contribution in [1.82, 2.24) is 5.32 Å². The summed E-state index contributed by atoms with van der Waals surface area (Å²) < 4.78 is 13.5. The van der Waals surface area contributed by atoms with E-state index < -0.39 is 11.7 Å². The third kappa shape index (κ3) is 3.79. The molecule has 0 unspecified atom stereocenters. The van der Waals surface area contributed by atoms with Crippen LogP contribution in [0.1, 0.15) is 21.5 Å². The van der Waals surface area contributed by atoms with Crippen LogP contribution in [-0.2, 0) is 13.0 Å². The molecule has 5 heteroatoms. The van der Waals surface area contributed by atoms with E-state index in [-0.39, 0.29) is 17.9 Å². The van der Waals surface area contributed by atoms with Gasteiger partial charge in [-0.15, -0.1) is 0 Å². The molecule has 2 aromatic carbocycles. The average Bonchev–Trinajstić information content (AvgIpc) is 2.48. The zero-order valence-electron chi connectivity index (χ0n) is 11.3. The first-order valence-corrected chi connectivity index (χ1v) is 6.56. The number of carbonyl (C=O) groups excluding carboxylic acids is 1. The fraction of sp³-hybridized carbons (Fsp3) is 0.188. The van der Waals surface area contributed by atoms with Crippen LogP contribution in [0.2, 0.25) is 0 Å². The van der Waals surface area contributed by atoms with Gasteiger partial charge in [0.2, 0.25) is 0 Å². The third-order valence-corrected chi connectivity index (χ3v) is 3.12. The number of rotatable bonds is 5. The van der Waals surface area contributed by atoms with E-state index in [1.807, 2.05) is 12.1 Å². The molecular formula is C16H16FNO3. The van der Waals surface area contributed by atoms with E-state index in [1.165, 1.54) is 12.1 Å². The number of halogens is 1. The highest BCUT2D eigenvalue weighted by molar-refractivity contribution is 5.97. The summed E-state index contributed by atoms with van der Waals surface area (Å²) in [7, 11) is 0. The molecule has 110 valence electrons. The molecule has 3 N–H and O–H groups in total. The first kappa shape index (κ1) is 15.0. The molecule has 1 amide bonds. The maximum absolute atomic E-state index is 13.5.